The fourth-order valence-electron chi connectivity index (χ4n) is 2.04. The van der Waals surface area contributed by atoms with Gasteiger partial charge in [0.15, 0.2) is 0 Å². The summed E-state index contributed by atoms with van der Waals surface area (Å²) in [7, 11) is -3.13. The van der Waals surface area contributed by atoms with Crippen molar-refractivity contribution >= 4 is 15.9 Å². The molecule has 0 aromatic rings. The molecule has 1 saturated heterocycles. The molecule has 0 aromatic heterocycles. The Balaban J connectivity index is 2.33. The van der Waals surface area contributed by atoms with Crippen LogP contribution in [0.5, 0.6) is 0 Å². The molecular formula is C11H22N2O3S. The first-order valence-corrected chi connectivity index (χ1v) is 8.06. The highest BCUT2D eigenvalue weighted by Gasteiger charge is 2.23. The van der Waals surface area contributed by atoms with E-state index >= 15 is 0 Å². The van der Waals surface area contributed by atoms with Gasteiger partial charge in [-0.1, -0.05) is 13.3 Å². The van der Waals surface area contributed by atoms with Crippen molar-refractivity contribution in [1.29, 1.82) is 0 Å². The van der Waals surface area contributed by atoms with Crippen molar-refractivity contribution in [1.82, 2.24) is 9.62 Å². The second-order valence-electron chi connectivity index (χ2n) is 4.65. The highest BCUT2D eigenvalue weighted by atomic mass is 32.2. The van der Waals surface area contributed by atoms with E-state index in [-0.39, 0.29) is 11.9 Å². The van der Waals surface area contributed by atoms with Gasteiger partial charge in [-0.25, -0.2) is 13.1 Å². The number of hydrogen-bond donors (Lipinski definition) is 1. The maximum Gasteiger partial charge on any atom is 0.222 e. The summed E-state index contributed by atoms with van der Waals surface area (Å²) in [4.78, 5) is 13.6. The van der Waals surface area contributed by atoms with Gasteiger partial charge in [0.05, 0.1) is 6.26 Å². The molecule has 0 saturated carbocycles. The van der Waals surface area contributed by atoms with Crippen molar-refractivity contribution in [2.24, 2.45) is 0 Å². The Hall–Kier alpha value is -0.620. The van der Waals surface area contributed by atoms with E-state index in [2.05, 4.69) is 11.6 Å². The van der Waals surface area contributed by atoms with Crippen LogP contribution in [-0.4, -0.2) is 44.6 Å². The monoisotopic (exact) mass is 262 g/mol. The molecule has 1 rings (SSSR count). The van der Waals surface area contributed by atoms with Gasteiger partial charge in [0.2, 0.25) is 15.9 Å². The molecule has 0 spiro atoms. The van der Waals surface area contributed by atoms with E-state index in [9.17, 15) is 13.2 Å². The van der Waals surface area contributed by atoms with E-state index in [1.54, 1.807) is 0 Å². The molecule has 5 nitrogen and oxygen atoms in total. The zero-order valence-corrected chi connectivity index (χ0v) is 11.4. The number of sulfonamides is 1. The molecule has 1 amide bonds. The lowest BCUT2D eigenvalue weighted by atomic mass is 10.1. The Morgan fingerprint density at radius 3 is 2.41 bits per heavy atom. The SMILES string of the molecule is CCCCC(=O)N1CCC(NS(C)(=O)=O)CC1. The minimum Gasteiger partial charge on any atom is -0.343 e. The maximum absolute atomic E-state index is 11.7. The molecule has 17 heavy (non-hydrogen) atoms. The second kappa shape index (κ2) is 6.35. The largest absolute Gasteiger partial charge is 0.343 e. The summed E-state index contributed by atoms with van der Waals surface area (Å²) in [5.41, 5.74) is 0. The molecule has 6 heteroatoms. The van der Waals surface area contributed by atoms with Crippen LogP contribution in [0.1, 0.15) is 39.0 Å². The highest BCUT2D eigenvalue weighted by Crippen LogP contribution is 2.13. The lowest BCUT2D eigenvalue weighted by Crippen LogP contribution is -2.46. The molecule has 1 fully saturated rings. The van der Waals surface area contributed by atoms with Crippen molar-refractivity contribution in [2.75, 3.05) is 19.3 Å². The molecule has 0 radical (unpaired) electrons. The van der Waals surface area contributed by atoms with Gasteiger partial charge in [-0.2, -0.15) is 0 Å². The fraction of sp³-hybridized carbons (Fsp3) is 0.909. The van der Waals surface area contributed by atoms with Gasteiger partial charge in [-0.05, 0) is 19.3 Å². The first-order chi connectivity index (χ1) is 7.92. The topological polar surface area (TPSA) is 66.5 Å². The summed E-state index contributed by atoms with van der Waals surface area (Å²) in [5.74, 6) is 0.199. The summed E-state index contributed by atoms with van der Waals surface area (Å²) >= 11 is 0. The predicted molar refractivity (Wildman–Crippen MR) is 67.1 cm³/mol. The van der Waals surface area contributed by atoms with Gasteiger partial charge < -0.3 is 4.90 Å². The van der Waals surface area contributed by atoms with Crippen molar-refractivity contribution in [3.63, 3.8) is 0 Å². The minimum atomic E-state index is -3.13. The molecule has 0 aliphatic carbocycles. The molecule has 0 unspecified atom stereocenters. The van der Waals surface area contributed by atoms with Crippen LogP contribution in [0.4, 0.5) is 0 Å². The third-order valence-corrected chi connectivity index (χ3v) is 3.73. The number of carbonyl (C=O) groups is 1. The summed E-state index contributed by atoms with van der Waals surface area (Å²) in [6.07, 6.45) is 5.17. The molecule has 0 aromatic carbocycles. The molecule has 1 aliphatic rings. The van der Waals surface area contributed by atoms with E-state index in [0.29, 0.717) is 32.4 Å². The maximum atomic E-state index is 11.7. The summed E-state index contributed by atoms with van der Waals surface area (Å²) in [6.45, 7) is 3.39. The number of nitrogens with one attached hydrogen (secondary N) is 1. The molecular weight excluding hydrogens is 240 g/mol. The van der Waals surface area contributed by atoms with Crippen molar-refractivity contribution in [3.8, 4) is 0 Å². The average molecular weight is 262 g/mol. The lowest BCUT2D eigenvalue weighted by Gasteiger charge is -2.32. The number of carbonyl (C=O) groups excluding carboxylic acids is 1. The number of likely N-dealkylation sites (tertiary alicyclic amines) is 1. The van der Waals surface area contributed by atoms with Crippen LogP contribution in [0.25, 0.3) is 0 Å². The molecule has 1 aliphatic heterocycles. The van der Waals surface area contributed by atoms with Crippen molar-refractivity contribution in [3.05, 3.63) is 0 Å². The van der Waals surface area contributed by atoms with Crippen LogP contribution in [0, 0.1) is 0 Å². The van der Waals surface area contributed by atoms with Crippen molar-refractivity contribution in [2.45, 2.75) is 45.1 Å². The number of unbranched alkanes of at least 4 members (excludes halogenated alkanes) is 1. The van der Waals surface area contributed by atoms with Crippen LogP contribution in [0.3, 0.4) is 0 Å². The Labute approximate surface area is 104 Å². The van der Waals surface area contributed by atoms with Gasteiger partial charge in [0.25, 0.3) is 0 Å². The van der Waals surface area contributed by atoms with Crippen molar-refractivity contribution < 1.29 is 13.2 Å². The highest BCUT2D eigenvalue weighted by molar-refractivity contribution is 7.88. The smallest absolute Gasteiger partial charge is 0.222 e. The average Bonchev–Trinajstić information content (AvgIpc) is 2.24. The van der Waals surface area contributed by atoms with E-state index in [4.69, 9.17) is 0 Å². The van der Waals surface area contributed by atoms with Crippen LogP contribution in [-0.2, 0) is 14.8 Å². The van der Waals surface area contributed by atoms with E-state index < -0.39 is 10.0 Å². The molecule has 1 N–H and O–H groups in total. The summed E-state index contributed by atoms with van der Waals surface area (Å²) in [6, 6.07) is -0.0137. The summed E-state index contributed by atoms with van der Waals surface area (Å²) < 4.78 is 24.7. The Morgan fingerprint density at radius 1 is 1.35 bits per heavy atom. The standard InChI is InChI=1S/C11H22N2O3S/c1-3-4-5-11(14)13-8-6-10(7-9-13)12-17(2,15)16/h10,12H,3-9H2,1-2H3. The Morgan fingerprint density at radius 2 is 1.94 bits per heavy atom. The number of nitrogens with zero attached hydrogens (tertiary/aromatic N) is 1. The van der Waals surface area contributed by atoms with Crippen LogP contribution in [0.2, 0.25) is 0 Å². The zero-order chi connectivity index (χ0) is 12.9. The van der Waals surface area contributed by atoms with Crippen LogP contribution >= 0.6 is 0 Å². The lowest BCUT2D eigenvalue weighted by molar-refractivity contribution is -0.132. The Bertz CT molecular complexity index is 346. The molecule has 0 bridgehead atoms. The van der Waals surface area contributed by atoms with Gasteiger partial charge in [-0.3, -0.25) is 4.79 Å². The van der Waals surface area contributed by atoms with Gasteiger partial charge in [0.1, 0.15) is 0 Å². The quantitative estimate of drug-likeness (QED) is 0.794. The normalized spacial score (nSPS) is 18.4. The first kappa shape index (κ1) is 14.4. The van der Waals surface area contributed by atoms with Crippen LogP contribution < -0.4 is 4.72 Å². The zero-order valence-electron chi connectivity index (χ0n) is 10.6. The van der Waals surface area contributed by atoms with Gasteiger partial charge in [-0.15, -0.1) is 0 Å². The Kier molecular flexibility index (Phi) is 5.39. The second-order valence-corrected chi connectivity index (χ2v) is 6.43. The van der Waals surface area contributed by atoms with Gasteiger partial charge >= 0.3 is 0 Å². The van der Waals surface area contributed by atoms with Crippen LogP contribution in [0.15, 0.2) is 0 Å². The predicted octanol–water partition coefficient (Wildman–Crippen LogP) is 0.717. The molecule has 100 valence electrons. The number of piperidine rings is 1. The van der Waals surface area contributed by atoms with Gasteiger partial charge in [0, 0.05) is 25.6 Å². The number of amides is 1. The fourth-order valence-corrected chi connectivity index (χ4v) is 2.88. The molecule has 0 atom stereocenters. The first-order valence-electron chi connectivity index (χ1n) is 6.17. The van der Waals surface area contributed by atoms with E-state index in [1.807, 2.05) is 4.90 Å². The minimum absolute atomic E-state index is 0.0137. The summed E-state index contributed by atoms with van der Waals surface area (Å²) in [5, 5.41) is 0. The third kappa shape index (κ3) is 5.50. The van der Waals surface area contributed by atoms with E-state index in [0.717, 1.165) is 12.8 Å². The number of hydrogen-bond acceptors (Lipinski definition) is 3. The third-order valence-electron chi connectivity index (χ3n) is 2.97. The number of rotatable bonds is 5. The molecule has 1 heterocycles. The van der Waals surface area contributed by atoms with E-state index in [1.165, 1.54) is 6.26 Å².